The zero-order valence-electron chi connectivity index (χ0n) is 7.76. The molecule has 0 amide bonds. The molecule has 0 saturated heterocycles. The Bertz CT molecular complexity index is 354. The van der Waals surface area contributed by atoms with Gasteiger partial charge in [0.2, 0.25) is 0 Å². The van der Waals surface area contributed by atoms with Crippen molar-refractivity contribution in [1.82, 2.24) is 0 Å². The molecule has 2 nitrogen and oxygen atoms in total. The molecule has 72 valence electrons. The van der Waals surface area contributed by atoms with Gasteiger partial charge in [-0.2, -0.15) is 0 Å². The van der Waals surface area contributed by atoms with Gasteiger partial charge in [0.05, 0.1) is 5.92 Å². The van der Waals surface area contributed by atoms with Crippen LogP contribution in [0.15, 0.2) is 36.4 Å². The Morgan fingerprint density at radius 3 is 2.64 bits per heavy atom. The van der Waals surface area contributed by atoms with Crippen molar-refractivity contribution in [2.75, 3.05) is 0 Å². The van der Waals surface area contributed by atoms with E-state index < -0.39 is 5.97 Å². The fourth-order valence-electron chi connectivity index (χ4n) is 1.51. The number of carboxylic acids is 1. The molecule has 0 bridgehead atoms. The van der Waals surface area contributed by atoms with Crippen LogP contribution in [0, 0.1) is 11.8 Å². The summed E-state index contributed by atoms with van der Waals surface area (Å²) in [6.07, 6.45) is 4.78. The molecule has 1 fully saturated rings. The van der Waals surface area contributed by atoms with Crippen LogP contribution < -0.4 is 0 Å². The van der Waals surface area contributed by atoms with Gasteiger partial charge in [0.15, 0.2) is 0 Å². The lowest BCUT2D eigenvalue weighted by Crippen LogP contribution is -1.97. The molecule has 1 aromatic carbocycles. The second-order valence-corrected chi connectivity index (χ2v) is 3.61. The number of hydrogen-bond acceptors (Lipinski definition) is 1. The molecule has 1 aliphatic carbocycles. The average molecular weight is 188 g/mol. The summed E-state index contributed by atoms with van der Waals surface area (Å²) in [4.78, 5) is 10.5. The van der Waals surface area contributed by atoms with Gasteiger partial charge < -0.3 is 5.11 Å². The maximum absolute atomic E-state index is 10.5. The molecule has 0 aliphatic heterocycles. The number of hydrogen-bond donors (Lipinski definition) is 1. The SMILES string of the molecule is O=C(O)[C@@H]1C[C@H]1/C=C\c1ccccc1. The Morgan fingerprint density at radius 2 is 2.07 bits per heavy atom. The van der Waals surface area contributed by atoms with E-state index in [9.17, 15) is 4.79 Å². The van der Waals surface area contributed by atoms with Crippen molar-refractivity contribution in [2.45, 2.75) is 6.42 Å². The second kappa shape index (κ2) is 3.66. The van der Waals surface area contributed by atoms with Gasteiger partial charge in [-0.05, 0) is 17.9 Å². The van der Waals surface area contributed by atoms with Crippen LogP contribution in [-0.2, 0) is 4.79 Å². The third-order valence-corrected chi connectivity index (χ3v) is 2.49. The zero-order chi connectivity index (χ0) is 9.97. The maximum atomic E-state index is 10.5. The second-order valence-electron chi connectivity index (χ2n) is 3.61. The summed E-state index contributed by atoms with van der Waals surface area (Å²) >= 11 is 0. The molecular weight excluding hydrogens is 176 g/mol. The molecule has 2 rings (SSSR count). The van der Waals surface area contributed by atoms with Crippen LogP contribution in [0.3, 0.4) is 0 Å². The molecule has 0 radical (unpaired) electrons. The topological polar surface area (TPSA) is 37.3 Å². The van der Waals surface area contributed by atoms with Crippen LogP contribution in [0.4, 0.5) is 0 Å². The van der Waals surface area contributed by atoms with Gasteiger partial charge in [-0.1, -0.05) is 42.5 Å². The van der Waals surface area contributed by atoms with Crippen molar-refractivity contribution in [3.63, 3.8) is 0 Å². The first kappa shape index (κ1) is 9.00. The molecule has 2 atom stereocenters. The lowest BCUT2D eigenvalue weighted by Gasteiger charge is -1.90. The smallest absolute Gasteiger partial charge is 0.307 e. The summed E-state index contributed by atoms with van der Waals surface area (Å²) in [5.74, 6) is -0.574. The molecule has 14 heavy (non-hydrogen) atoms. The third-order valence-electron chi connectivity index (χ3n) is 2.49. The highest BCUT2D eigenvalue weighted by Crippen LogP contribution is 2.40. The number of aliphatic carboxylic acids is 1. The first-order valence-corrected chi connectivity index (χ1v) is 4.73. The Hall–Kier alpha value is -1.57. The Kier molecular flexibility index (Phi) is 2.35. The summed E-state index contributed by atoms with van der Waals surface area (Å²) in [5.41, 5.74) is 1.13. The normalized spacial score (nSPS) is 25.1. The van der Waals surface area contributed by atoms with E-state index in [2.05, 4.69) is 0 Å². The lowest BCUT2D eigenvalue weighted by atomic mass is 10.2. The molecule has 0 unspecified atom stereocenters. The lowest BCUT2D eigenvalue weighted by molar-refractivity contribution is -0.138. The van der Waals surface area contributed by atoms with Crippen molar-refractivity contribution >= 4 is 12.0 Å². The van der Waals surface area contributed by atoms with E-state index in [1.807, 2.05) is 42.5 Å². The van der Waals surface area contributed by atoms with Crippen LogP contribution in [0.5, 0.6) is 0 Å². The van der Waals surface area contributed by atoms with Crippen LogP contribution >= 0.6 is 0 Å². The first-order valence-electron chi connectivity index (χ1n) is 4.73. The fourth-order valence-corrected chi connectivity index (χ4v) is 1.51. The van der Waals surface area contributed by atoms with E-state index in [1.165, 1.54) is 0 Å². The van der Waals surface area contributed by atoms with Crippen LogP contribution in [0.1, 0.15) is 12.0 Å². The maximum Gasteiger partial charge on any atom is 0.307 e. The van der Waals surface area contributed by atoms with Crippen molar-refractivity contribution in [1.29, 1.82) is 0 Å². The Morgan fingerprint density at radius 1 is 1.36 bits per heavy atom. The predicted octanol–water partition coefficient (Wildman–Crippen LogP) is 2.42. The van der Waals surface area contributed by atoms with E-state index >= 15 is 0 Å². The van der Waals surface area contributed by atoms with Crippen molar-refractivity contribution in [3.8, 4) is 0 Å². The summed E-state index contributed by atoms with van der Waals surface area (Å²) in [7, 11) is 0. The van der Waals surface area contributed by atoms with Gasteiger partial charge in [-0.25, -0.2) is 0 Å². The van der Waals surface area contributed by atoms with Crippen LogP contribution in [0.25, 0.3) is 6.08 Å². The predicted molar refractivity (Wildman–Crippen MR) is 54.7 cm³/mol. The van der Waals surface area contributed by atoms with Crippen LogP contribution in [-0.4, -0.2) is 11.1 Å². The largest absolute Gasteiger partial charge is 0.481 e. The molecule has 1 aromatic rings. The highest BCUT2D eigenvalue weighted by atomic mass is 16.4. The van der Waals surface area contributed by atoms with E-state index in [4.69, 9.17) is 5.11 Å². The van der Waals surface area contributed by atoms with Gasteiger partial charge in [0, 0.05) is 0 Å². The Labute approximate surface area is 82.9 Å². The van der Waals surface area contributed by atoms with Gasteiger partial charge in [-0.15, -0.1) is 0 Å². The number of benzene rings is 1. The van der Waals surface area contributed by atoms with E-state index in [0.29, 0.717) is 0 Å². The highest BCUT2D eigenvalue weighted by molar-refractivity contribution is 5.74. The third kappa shape index (κ3) is 2.02. The fraction of sp³-hybridized carbons (Fsp3) is 0.250. The summed E-state index contributed by atoms with van der Waals surface area (Å²) in [6, 6.07) is 9.93. The van der Waals surface area contributed by atoms with Gasteiger partial charge in [-0.3, -0.25) is 4.79 Å². The number of allylic oxidation sites excluding steroid dienone is 1. The minimum atomic E-state index is -0.673. The first-order chi connectivity index (χ1) is 6.77. The zero-order valence-corrected chi connectivity index (χ0v) is 7.76. The van der Waals surface area contributed by atoms with Crippen molar-refractivity contribution in [3.05, 3.63) is 42.0 Å². The summed E-state index contributed by atoms with van der Waals surface area (Å²) < 4.78 is 0. The van der Waals surface area contributed by atoms with Gasteiger partial charge in [0.1, 0.15) is 0 Å². The number of rotatable bonds is 3. The molecule has 1 saturated carbocycles. The van der Waals surface area contributed by atoms with E-state index in [-0.39, 0.29) is 11.8 Å². The van der Waals surface area contributed by atoms with Gasteiger partial charge in [0.25, 0.3) is 0 Å². The minimum absolute atomic E-state index is 0.144. The van der Waals surface area contributed by atoms with Crippen LogP contribution in [0.2, 0.25) is 0 Å². The summed E-state index contributed by atoms with van der Waals surface area (Å²) in [5, 5.41) is 8.69. The van der Waals surface area contributed by atoms with E-state index in [0.717, 1.165) is 12.0 Å². The van der Waals surface area contributed by atoms with E-state index in [1.54, 1.807) is 0 Å². The molecule has 0 aromatic heterocycles. The van der Waals surface area contributed by atoms with Crippen molar-refractivity contribution < 1.29 is 9.90 Å². The molecular formula is C12H12O2. The quantitative estimate of drug-likeness (QED) is 0.790. The molecule has 0 spiro atoms. The Balaban J connectivity index is 1.94. The molecule has 0 heterocycles. The van der Waals surface area contributed by atoms with Gasteiger partial charge >= 0.3 is 5.97 Å². The monoisotopic (exact) mass is 188 g/mol. The highest BCUT2D eigenvalue weighted by Gasteiger charge is 2.40. The standard InChI is InChI=1S/C12H12O2/c13-12(14)11-8-10(11)7-6-9-4-2-1-3-5-9/h1-7,10-11H,8H2,(H,13,14)/b7-6-/t10-,11-/m1/s1. The van der Waals surface area contributed by atoms with Crippen molar-refractivity contribution in [2.24, 2.45) is 11.8 Å². The molecule has 1 N–H and O–H groups in total. The summed E-state index contributed by atoms with van der Waals surface area (Å²) in [6.45, 7) is 0. The number of carbonyl (C=O) groups is 1. The molecule has 2 heteroatoms. The average Bonchev–Trinajstić information content (AvgIpc) is 2.96. The minimum Gasteiger partial charge on any atom is -0.481 e. The number of carboxylic acid groups (broad SMARTS) is 1. The molecule has 1 aliphatic rings.